The Hall–Kier alpha value is -3.39. The number of thiophene rings is 1. The van der Waals surface area contributed by atoms with E-state index >= 15 is 0 Å². The predicted octanol–water partition coefficient (Wildman–Crippen LogP) is 4.63. The molecule has 0 aliphatic carbocycles. The smallest absolute Gasteiger partial charge is 0.304 e. The quantitative estimate of drug-likeness (QED) is 0.300. The molecule has 0 bridgehead atoms. The van der Waals surface area contributed by atoms with Gasteiger partial charge in [-0.2, -0.15) is 0 Å². The number of benzene rings is 2. The second-order valence-corrected chi connectivity index (χ2v) is 9.56. The Bertz CT molecular complexity index is 1190. The number of carboxylic acids is 1. The average Bonchev–Trinajstić information content (AvgIpc) is 3.21. The number of nitrogens with two attached hydrogens (primary N) is 1. The number of likely N-dealkylation sites (tertiary alicyclic amines) is 1. The van der Waals surface area contributed by atoms with Gasteiger partial charge in [0.25, 0.3) is 0 Å². The normalized spacial score (nSPS) is 17.0. The zero-order valence-electron chi connectivity index (χ0n) is 18.5. The second kappa shape index (κ2) is 9.62. The Balaban J connectivity index is 1.55. The van der Waals surface area contributed by atoms with Crippen LogP contribution in [0, 0.1) is 10.8 Å². The number of amidine groups is 2. The van der Waals surface area contributed by atoms with Gasteiger partial charge >= 0.3 is 5.97 Å². The third-order valence-corrected chi connectivity index (χ3v) is 7.24. The first-order chi connectivity index (χ1) is 15.8. The highest BCUT2D eigenvalue weighted by Gasteiger charge is 2.23. The summed E-state index contributed by atoms with van der Waals surface area (Å²) < 4.78 is 7.19. The van der Waals surface area contributed by atoms with Crippen molar-refractivity contribution in [2.24, 2.45) is 5.73 Å². The molecule has 2 atom stereocenters. The van der Waals surface area contributed by atoms with Crippen LogP contribution in [0.5, 0.6) is 5.75 Å². The third kappa shape index (κ3) is 5.34. The molecule has 7 nitrogen and oxygen atoms in total. The van der Waals surface area contributed by atoms with Gasteiger partial charge in [-0.15, -0.1) is 11.3 Å². The first-order valence-corrected chi connectivity index (χ1v) is 11.8. The number of hydrogen-bond donors (Lipinski definition) is 4. The van der Waals surface area contributed by atoms with Crippen LogP contribution in [-0.4, -0.2) is 46.8 Å². The van der Waals surface area contributed by atoms with E-state index in [1.54, 1.807) is 18.3 Å². The van der Waals surface area contributed by atoms with Crippen LogP contribution in [0.15, 0.2) is 48.5 Å². The van der Waals surface area contributed by atoms with Gasteiger partial charge in [0.05, 0.1) is 18.8 Å². The zero-order chi connectivity index (χ0) is 23.5. The number of rotatable bonds is 7. The topological polar surface area (TPSA) is 123 Å². The third-order valence-electron chi connectivity index (χ3n) is 6.01. The molecule has 172 valence electrons. The number of piperidine rings is 1. The van der Waals surface area contributed by atoms with E-state index in [0.29, 0.717) is 17.9 Å². The Morgan fingerprint density at radius 2 is 2.00 bits per heavy atom. The van der Waals surface area contributed by atoms with E-state index < -0.39 is 5.97 Å². The van der Waals surface area contributed by atoms with Gasteiger partial charge in [0.1, 0.15) is 17.7 Å². The maximum Gasteiger partial charge on any atom is 0.304 e. The van der Waals surface area contributed by atoms with Gasteiger partial charge in [0, 0.05) is 27.6 Å². The van der Waals surface area contributed by atoms with Crippen LogP contribution in [0.3, 0.4) is 0 Å². The molecule has 2 heterocycles. The highest BCUT2D eigenvalue weighted by Crippen LogP contribution is 2.37. The molecule has 1 aliphatic heterocycles. The van der Waals surface area contributed by atoms with Crippen molar-refractivity contribution in [2.45, 2.75) is 38.2 Å². The van der Waals surface area contributed by atoms with Gasteiger partial charge in [0.15, 0.2) is 0 Å². The van der Waals surface area contributed by atoms with E-state index in [2.05, 4.69) is 0 Å². The van der Waals surface area contributed by atoms with Crippen molar-refractivity contribution in [3.05, 3.63) is 64.5 Å². The van der Waals surface area contributed by atoms with Crippen LogP contribution >= 0.6 is 11.3 Å². The van der Waals surface area contributed by atoms with Crippen molar-refractivity contribution in [2.75, 3.05) is 13.1 Å². The van der Waals surface area contributed by atoms with E-state index in [-0.39, 0.29) is 24.3 Å². The average molecular weight is 465 g/mol. The Morgan fingerprint density at radius 1 is 1.24 bits per heavy atom. The molecule has 0 radical (unpaired) electrons. The van der Waals surface area contributed by atoms with Gasteiger partial charge in [-0.1, -0.05) is 12.1 Å². The van der Waals surface area contributed by atoms with E-state index in [0.717, 1.165) is 45.7 Å². The monoisotopic (exact) mass is 464 g/mol. The fourth-order valence-electron chi connectivity index (χ4n) is 4.27. The minimum atomic E-state index is -0.855. The number of hydrogen-bond acceptors (Lipinski definition) is 5. The van der Waals surface area contributed by atoms with Crippen molar-refractivity contribution in [3.63, 3.8) is 0 Å². The van der Waals surface area contributed by atoms with Crippen LogP contribution in [0.1, 0.15) is 48.1 Å². The summed E-state index contributed by atoms with van der Waals surface area (Å²) in [5.74, 6) is 0.199. The van der Waals surface area contributed by atoms with Crippen molar-refractivity contribution in [3.8, 4) is 5.75 Å². The predicted molar refractivity (Wildman–Crippen MR) is 132 cm³/mol. The number of carbonyl (C=O) groups is 1. The molecule has 3 aromatic rings. The number of aliphatic carboxylic acids is 1. The fraction of sp³-hybridized carbons (Fsp3) is 0.320. The summed E-state index contributed by atoms with van der Waals surface area (Å²) in [7, 11) is 0. The zero-order valence-corrected chi connectivity index (χ0v) is 19.3. The minimum absolute atomic E-state index is 0.0111. The largest absolute Gasteiger partial charge is 0.489 e. The molecule has 1 unspecified atom stereocenters. The van der Waals surface area contributed by atoms with Gasteiger partial charge < -0.3 is 20.5 Å². The van der Waals surface area contributed by atoms with Crippen molar-refractivity contribution < 1.29 is 14.6 Å². The molecule has 1 saturated heterocycles. The van der Waals surface area contributed by atoms with E-state index in [1.807, 2.05) is 53.4 Å². The molecule has 0 amide bonds. The number of nitrogens with zero attached hydrogens (tertiary/aromatic N) is 1. The molecule has 5 N–H and O–H groups in total. The molecule has 0 saturated carbocycles. The Kier molecular flexibility index (Phi) is 6.65. The standard InChI is InChI=1S/C25H28N4O3S/c1-15(26)29-10-2-3-20(14-29)32-19-7-4-16(5-8-19)21(13-24(30)31)23-12-18-11-17(25(27)28)6-9-22(18)33-23/h4-9,11-12,20-21,26H,2-3,10,13-14H2,1H3,(H3,27,28)(H,30,31)/t20-,21?/m0/s1. The lowest BCUT2D eigenvalue weighted by molar-refractivity contribution is -0.137. The molecule has 1 aliphatic rings. The van der Waals surface area contributed by atoms with Crippen molar-refractivity contribution >= 4 is 39.1 Å². The molecule has 2 aromatic carbocycles. The number of fused-ring (bicyclic) bond motifs is 1. The molecular formula is C25H28N4O3S. The van der Waals surface area contributed by atoms with E-state index in [4.69, 9.17) is 21.3 Å². The summed E-state index contributed by atoms with van der Waals surface area (Å²) in [5.41, 5.74) is 7.19. The lowest BCUT2D eigenvalue weighted by atomic mass is 9.93. The van der Waals surface area contributed by atoms with Crippen LogP contribution in [-0.2, 0) is 4.79 Å². The summed E-state index contributed by atoms with van der Waals surface area (Å²) in [6, 6.07) is 15.3. The van der Waals surface area contributed by atoms with Gasteiger partial charge in [0.2, 0.25) is 0 Å². The highest BCUT2D eigenvalue weighted by molar-refractivity contribution is 7.19. The summed E-state index contributed by atoms with van der Waals surface area (Å²) in [6.07, 6.45) is 1.98. The minimum Gasteiger partial charge on any atom is -0.489 e. The van der Waals surface area contributed by atoms with Gasteiger partial charge in [-0.25, -0.2) is 0 Å². The maximum absolute atomic E-state index is 11.6. The highest BCUT2D eigenvalue weighted by atomic mass is 32.1. The molecule has 1 fully saturated rings. The summed E-state index contributed by atoms with van der Waals surface area (Å²) >= 11 is 1.57. The lowest BCUT2D eigenvalue weighted by Gasteiger charge is -2.33. The Morgan fingerprint density at radius 3 is 2.67 bits per heavy atom. The number of nitrogens with one attached hydrogen (secondary N) is 2. The SMILES string of the molecule is CC(=N)N1CCC[C@H](Oc2ccc(C(CC(=O)O)c3cc4cc(C(=N)N)ccc4s3)cc2)C1. The molecule has 4 rings (SSSR count). The number of nitrogen functional groups attached to an aromatic ring is 1. The fourth-order valence-corrected chi connectivity index (χ4v) is 5.44. The van der Waals surface area contributed by atoms with E-state index in [1.165, 1.54) is 0 Å². The molecule has 33 heavy (non-hydrogen) atoms. The van der Waals surface area contributed by atoms with Crippen LogP contribution in [0.4, 0.5) is 0 Å². The van der Waals surface area contributed by atoms with E-state index in [9.17, 15) is 9.90 Å². The van der Waals surface area contributed by atoms with Gasteiger partial charge in [-0.3, -0.25) is 15.6 Å². The second-order valence-electron chi connectivity index (χ2n) is 8.45. The number of carboxylic acid groups (broad SMARTS) is 1. The molecular weight excluding hydrogens is 436 g/mol. The first kappa shape index (κ1) is 22.8. The first-order valence-electron chi connectivity index (χ1n) is 11.0. The molecule has 0 spiro atoms. The number of ether oxygens (including phenoxy) is 1. The van der Waals surface area contributed by atoms with Crippen molar-refractivity contribution in [1.29, 1.82) is 10.8 Å². The van der Waals surface area contributed by atoms with Gasteiger partial charge in [-0.05, 0) is 67.1 Å². The maximum atomic E-state index is 11.6. The summed E-state index contributed by atoms with van der Waals surface area (Å²) in [4.78, 5) is 14.6. The summed E-state index contributed by atoms with van der Waals surface area (Å²) in [5, 5.41) is 26.0. The van der Waals surface area contributed by atoms with Crippen LogP contribution in [0.2, 0.25) is 0 Å². The van der Waals surface area contributed by atoms with Crippen LogP contribution in [0.25, 0.3) is 10.1 Å². The lowest BCUT2D eigenvalue weighted by Crippen LogP contribution is -2.43. The van der Waals surface area contributed by atoms with Crippen LogP contribution < -0.4 is 10.5 Å². The Labute approximate surface area is 196 Å². The van der Waals surface area contributed by atoms with Crippen molar-refractivity contribution in [1.82, 2.24) is 4.90 Å². The molecule has 1 aromatic heterocycles. The summed E-state index contributed by atoms with van der Waals surface area (Å²) in [6.45, 7) is 3.41. The molecule has 8 heteroatoms.